The van der Waals surface area contributed by atoms with Crippen LogP contribution in [0.4, 0.5) is 26.7 Å². The number of nitrogens with one attached hydrogen (secondary N) is 2. The lowest BCUT2D eigenvalue weighted by Crippen LogP contribution is -2.45. The van der Waals surface area contributed by atoms with Crippen LogP contribution in [0.2, 0.25) is 0 Å². The third-order valence-corrected chi connectivity index (χ3v) is 5.70. The molecule has 1 saturated carbocycles. The standard InChI is InChI=1S/C22H22F2N4O4.C2HF3O2/c1-12-8-17(32-10-14-15(23)4-3-5-16(14)24)19-26-13(2)18(28(19)9-12)20(29)25-11-22(6-7-22)27-21(30)31;3-2(4,5)1(6)7/h3-5,8-9,27H,6-7,10-11H2,1-2H3,(H,25,29)(H,30,31);(H,6,7). The Morgan fingerprint density at radius 1 is 1.13 bits per heavy atom. The second-order valence-electron chi connectivity index (χ2n) is 8.81. The van der Waals surface area contributed by atoms with E-state index in [-0.39, 0.29) is 30.2 Å². The molecule has 2 amide bonds. The number of aliphatic carboxylic acids is 1. The van der Waals surface area contributed by atoms with Gasteiger partial charge in [0.05, 0.1) is 16.8 Å². The molecule has 0 radical (unpaired) electrons. The zero-order valence-corrected chi connectivity index (χ0v) is 20.5. The minimum atomic E-state index is -5.08. The molecule has 10 nitrogen and oxygen atoms in total. The normalized spacial score (nSPS) is 13.7. The first-order valence-corrected chi connectivity index (χ1v) is 11.3. The summed E-state index contributed by atoms with van der Waals surface area (Å²) in [6.45, 7) is 3.28. The summed E-state index contributed by atoms with van der Waals surface area (Å²) in [5.74, 6) is -4.31. The minimum Gasteiger partial charge on any atom is -0.485 e. The van der Waals surface area contributed by atoms with Crippen LogP contribution in [-0.4, -0.2) is 55.8 Å². The maximum Gasteiger partial charge on any atom is 0.490 e. The first kappa shape index (κ1) is 29.1. The fourth-order valence-electron chi connectivity index (χ4n) is 3.61. The molecule has 4 N–H and O–H groups in total. The Hall–Kier alpha value is -4.43. The Morgan fingerprint density at radius 2 is 1.72 bits per heavy atom. The van der Waals surface area contributed by atoms with Crippen LogP contribution in [-0.2, 0) is 11.4 Å². The number of hydrogen-bond donors (Lipinski definition) is 4. The highest BCUT2D eigenvalue weighted by Gasteiger charge is 2.44. The van der Waals surface area contributed by atoms with Crippen molar-refractivity contribution < 1.29 is 51.3 Å². The van der Waals surface area contributed by atoms with Gasteiger partial charge in [0.1, 0.15) is 23.9 Å². The van der Waals surface area contributed by atoms with E-state index in [1.165, 1.54) is 6.07 Å². The minimum absolute atomic E-state index is 0.159. The van der Waals surface area contributed by atoms with Gasteiger partial charge in [-0.1, -0.05) is 6.07 Å². The van der Waals surface area contributed by atoms with Gasteiger partial charge in [0.15, 0.2) is 11.4 Å². The van der Waals surface area contributed by atoms with Gasteiger partial charge in [0, 0.05) is 12.7 Å². The van der Waals surface area contributed by atoms with E-state index in [2.05, 4.69) is 15.6 Å². The Morgan fingerprint density at radius 3 is 2.23 bits per heavy atom. The molecule has 15 heteroatoms. The molecule has 0 atom stereocenters. The zero-order chi connectivity index (χ0) is 29.1. The van der Waals surface area contributed by atoms with Crippen molar-refractivity contribution in [1.82, 2.24) is 20.0 Å². The van der Waals surface area contributed by atoms with E-state index in [9.17, 15) is 31.5 Å². The van der Waals surface area contributed by atoms with Crippen LogP contribution in [0.25, 0.3) is 5.65 Å². The summed E-state index contributed by atoms with van der Waals surface area (Å²) in [7, 11) is 0. The summed E-state index contributed by atoms with van der Waals surface area (Å²) in [5.41, 5.74) is 0.958. The largest absolute Gasteiger partial charge is 0.490 e. The molecule has 2 aromatic heterocycles. The molecule has 0 unspecified atom stereocenters. The van der Waals surface area contributed by atoms with Crippen LogP contribution in [0.3, 0.4) is 0 Å². The van der Waals surface area contributed by atoms with Crippen molar-refractivity contribution in [3.8, 4) is 5.75 Å². The number of carboxylic acid groups (broad SMARTS) is 2. The van der Waals surface area contributed by atoms with E-state index >= 15 is 0 Å². The van der Waals surface area contributed by atoms with E-state index in [0.717, 1.165) is 17.7 Å². The number of pyridine rings is 1. The molecule has 3 aromatic rings. The number of aryl methyl sites for hydroxylation is 2. The molecule has 39 heavy (non-hydrogen) atoms. The lowest BCUT2D eigenvalue weighted by molar-refractivity contribution is -0.192. The lowest BCUT2D eigenvalue weighted by Gasteiger charge is -2.16. The van der Waals surface area contributed by atoms with Gasteiger partial charge in [-0.25, -0.2) is 23.4 Å². The van der Waals surface area contributed by atoms with E-state index in [0.29, 0.717) is 24.2 Å². The Bertz CT molecular complexity index is 1400. The maximum atomic E-state index is 14.0. The number of rotatable bonds is 7. The SMILES string of the molecule is Cc1cc(OCc2c(F)cccc2F)c2nc(C)c(C(=O)NCC3(NC(=O)O)CC3)n2c1.O=C(O)C(F)(F)F. The smallest absolute Gasteiger partial charge is 0.485 e. The van der Waals surface area contributed by atoms with E-state index in [1.807, 2.05) is 0 Å². The number of carbonyl (C=O) groups excluding carboxylic acids is 1. The number of ether oxygens (including phenoxy) is 1. The number of aromatic nitrogens is 2. The van der Waals surface area contributed by atoms with Crippen LogP contribution in [0.1, 0.15) is 40.2 Å². The Labute approximate surface area is 217 Å². The van der Waals surface area contributed by atoms with Crippen molar-refractivity contribution in [2.75, 3.05) is 6.54 Å². The van der Waals surface area contributed by atoms with Crippen molar-refractivity contribution in [3.05, 3.63) is 64.6 Å². The van der Waals surface area contributed by atoms with Gasteiger partial charge in [-0.05, 0) is 50.5 Å². The third kappa shape index (κ3) is 7.12. The molecule has 1 fully saturated rings. The number of benzene rings is 1. The van der Waals surface area contributed by atoms with Crippen molar-refractivity contribution in [3.63, 3.8) is 0 Å². The van der Waals surface area contributed by atoms with Gasteiger partial charge >= 0.3 is 18.2 Å². The number of imidazole rings is 1. The van der Waals surface area contributed by atoms with Crippen LogP contribution >= 0.6 is 0 Å². The average Bonchev–Trinajstić information content (AvgIpc) is 3.49. The van der Waals surface area contributed by atoms with Crippen molar-refractivity contribution in [1.29, 1.82) is 0 Å². The van der Waals surface area contributed by atoms with Crippen molar-refractivity contribution >= 4 is 23.6 Å². The summed E-state index contributed by atoms with van der Waals surface area (Å²) in [6, 6.07) is 5.26. The average molecular weight is 558 g/mol. The molecule has 0 saturated heterocycles. The monoisotopic (exact) mass is 558 g/mol. The van der Waals surface area contributed by atoms with Gasteiger partial charge in [-0.15, -0.1) is 0 Å². The fraction of sp³-hybridized carbons (Fsp3) is 0.333. The molecule has 2 heterocycles. The second-order valence-corrected chi connectivity index (χ2v) is 8.81. The Balaban J connectivity index is 0.000000532. The first-order chi connectivity index (χ1) is 18.1. The molecular formula is C24H23F5N4O6. The maximum absolute atomic E-state index is 14.0. The summed E-state index contributed by atoms with van der Waals surface area (Å²) < 4.78 is 66.9. The molecule has 1 aliphatic rings. The number of carboxylic acids is 1. The lowest BCUT2D eigenvalue weighted by atomic mass is 10.2. The van der Waals surface area contributed by atoms with E-state index < -0.39 is 41.3 Å². The van der Waals surface area contributed by atoms with Gasteiger partial charge in [-0.3, -0.25) is 9.20 Å². The molecule has 4 rings (SSSR count). The number of halogens is 5. The first-order valence-electron chi connectivity index (χ1n) is 11.3. The highest BCUT2D eigenvalue weighted by atomic mass is 19.4. The number of alkyl halides is 3. The Kier molecular flexibility index (Phi) is 8.31. The van der Waals surface area contributed by atoms with Crippen LogP contribution in [0, 0.1) is 25.5 Å². The quantitative estimate of drug-likeness (QED) is 0.322. The molecule has 0 bridgehead atoms. The predicted molar refractivity (Wildman–Crippen MR) is 125 cm³/mol. The molecule has 1 aliphatic carbocycles. The van der Waals surface area contributed by atoms with Crippen molar-refractivity contribution in [2.24, 2.45) is 0 Å². The van der Waals surface area contributed by atoms with E-state index in [1.54, 1.807) is 30.5 Å². The summed E-state index contributed by atoms with van der Waals surface area (Å²) >= 11 is 0. The topological polar surface area (TPSA) is 142 Å². The molecular weight excluding hydrogens is 535 g/mol. The van der Waals surface area contributed by atoms with Gasteiger partial charge in [-0.2, -0.15) is 13.2 Å². The summed E-state index contributed by atoms with van der Waals surface area (Å²) in [5, 5.41) is 21.3. The number of hydrogen-bond acceptors (Lipinski definition) is 5. The van der Waals surface area contributed by atoms with Crippen LogP contribution in [0.5, 0.6) is 5.75 Å². The number of amides is 2. The zero-order valence-electron chi connectivity index (χ0n) is 20.5. The second kappa shape index (κ2) is 11.1. The molecule has 0 spiro atoms. The van der Waals surface area contributed by atoms with E-state index in [4.69, 9.17) is 19.7 Å². The van der Waals surface area contributed by atoms with Gasteiger partial charge < -0.3 is 25.6 Å². The predicted octanol–water partition coefficient (Wildman–Crippen LogP) is 3.97. The van der Waals surface area contributed by atoms with Gasteiger partial charge in [0.25, 0.3) is 5.91 Å². The van der Waals surface area contributed by atoms with Crippen molar-refractivity contribution in [2.45, 2.75) is 45.0 Å². The number of nitrogens with zero attached hydrogens (tertiary/aromatic N) is 2. The molecule has 0 aliphatic heterocycles. The third-order valence-electron chi connectivity index (χ3n) is 5.70. The van der Waals surface area contributed by atoms with Crippen LogP contribution < -0.4 is 15.4 Å². The van der Waals surface area contributed by atoms with Gasteiger partial charge in [0.2, 0.25) is 0 Å². The molecule has 210 valence electrons. The van der Waals surface area contributed by atoms with Crippen LogP contribution in [0.15, 0.2) is 30.5 Å². The fourth-order valence-corrected chi connectivity index (χ4v) is 3.61. The summed E-state index contributed by atoms with van der Waals surface area (Å²) in [4.78, 5) is 37.2. The number of fused-ring (bicyclic) bond motifs is 1. The molecule has 1 aromatic carbocycles. The highest BCUT2D eigenvalue weighted by molar-refractivity contribution is 5.95. The highest BCUT2D eigenvalue weighted by Crippen LogP contribution is 2.34. The summed E-state index contributed by atoms with van der Waals surface area (Å²) in [6.07, 6.45) is -3.21. The number of carbonyl (C=O) groups is 3.